The SMILES string of the molecule is Nc1ccc(-c2ccccc2Cl)cc1N. The Morgan fingerprint density at radius 2 is 1.60 bits per heavy atom. The van der Waals surface area contributed by atoms with Crippen molar-refractivity contribution in [2.24, 2.45) is 0 Å². The largest absolute Gasteiger partial charge is 0.397 e. The predicted molar refractivity (Wildman–Crippen MR) is 65.7 cm³/mol. The van der Waals surface area contributed by atoms with E-state index in [9.17, 15) is 0 Å². The van der Waals surface area contributed by atoms with E-state index in [4.69, 9.17) is 23.1 Å². The van der Waals surface area contributed by atoms with Gasteiger partial charge >= 0.3 is 0 Å². The van der Waals surface area contributed by atoms with Crippen LogP contribution in [0.1, 0.15) is 0 Å². The van der Waals surface area contributed by atoms with E-state index < -0.39 is 0 Å². The van der Waals surface area contributed by atoms with E-state index in [-0.39, 0.29) is 0 Å². The molecule has 0 atom stereocenters. The predicted octanol–water partition coefficient (Wildman–Crippen LogP) is 3.17. The van der Waals surface area contributed by atoms with Crippen LogP contribution < -0.4 is 11.5 Å². The summed E-state index contributed by atoms with van der Waals surface area (Å²) in [6, 6.07) is 13.2. The third-order valence-corrected chi connectivity index (χ3v) is 2.60. The van der Waals surface area contributed by atoms with Crippen LogP contribution in [-0.2, 0) is 0 Å². The minimum absolute atomic E-state index is 0.576. The molecule has 0 heterocycles. The molecule has 2 rings (SSSR count). The van der Waals surface area contributed by atoms with Crippen molar-refractivity contribution >= 4 is 23.0 Å². The average molecular weight is 219 g/mol. The number of halogens is 1. The van der Waals surface area contributed by atoms with Gasteiger partial charge in [0.05, 0.1) is 11.4 Å². The molecule has 3 heteroatoms. The van der Waals surface area contributed by atoms with E-state index in [0.29, 0.717) is 16.4 Å². The van der Waals surface area contributed by atoms with Gasteiger partial charge in [-0.25, -0.2) is 0 Å². The zero-order valence-electron chi connectivity index (χ0n) is 8.07. The Balaban J connectivity index is 2.55. The second-order valence-corrected chi connectivity index (χ2v) is 3.73. The Labute approximate surface area is 93.5 Å². The van der Waals surface area contributed by atoms with Crippen LogP contribution in [0.15, 0.2) is 42.5 Å². The molecular weight excluding hydrogens is 208 g/mol. The van der Waals surface area contributed by atoms with E-state index in [2.05, 4.69) is 0 Å². The summed E-state index contributed by atoms with van der Waals surface area (Å²) in [5, 5.41) is 0.710. The van der Waals surface area contributed by atoms with Crippen LogP contribution in [0.3, 0.4) is 0 Å². The number of rotatable bonds is 1. The third-order valence-electron chi connectivity index (χ3n) is 2.27. The van der Waals surface area contributed by atoms with Gasteiger partial charge in [-0.3, -0.25) is 0 Å². The lowest BCUT2D eigenvalue weighted by Crippen LogP contribution is -1.94. The molecule has 0 saturated heterocycles. The van der Waals surface area contributed by atoms with Crippen LogP contribution in [0.4, 0.5) is 11.4 Å². The van der Waals surface area contributed by atoms with Crippen molar-refractivity contribution < 1.29 is 0 Å². The maximum atomic E-state index is 6.08. The van der Waals surface area contributed by atoms with Crippen molar-refractivity contribution in [1.82, 2.24) is 0 Å². The fourth-order valence-electron chi connectivity index (χ4n) is 1.44. The highest BCUT2D eigenvalue weighted by molar-refractivity contribution is 6.33. The smallest absolute Gasteiger partial charge is 0.0554 e. The Morgan fingerprint density at radius 1 is 0.867 bits per heavy atom. The van der Waals surface area contributed by atoms with E-state index in [1.165, 1.54) is 0 Å². The number of hydrogen-bond acceptors (Lipinski definition) is 2. The van der Waals surface area contributed by atoms with E-state index in [1.54, 1.807) is 6.07 Å². The van der Waals surface area contributed by atoms with Crippen LogP contribution in [0.2, 0.25) is 5.02 Å². The molecule has 2 nitrogen and oxygen atoms in total. The Morgan fingerprint density at radius 3 is 2.27 bits per heavy atom. The molecule has 76 valence electrons. The number of hydrogen-bond donors (Lipinski definition) is 2. The fourth-order valence-corrected chi connectivity index (χ4v) is 1.68. The molecule has 0 aliphatic heterocycles. The number of anilines is 2. The molecule has 0 aromatic heterocycles. The molecule has 0 amide bonds. The highest BCUT2D eigenvalue weighted by Gasteiger charge is 2.03. The fraction of sp³-hybridized carbons (Fsp3) is 0. The van der Waals surface area contributed by atoms with Gasteiger partial charge in [-0.05, 0) is 23.8 Å². The molecule has 4 N–H and O–H groups in total. The maximum absolute atomic E-state index is 6.08. The van der Waals surface area contributed by atoms with E-state index >= 15 is 0 Å². The van der Waals surface area contributed by atoms with Gasteiger partial charge in [0.2, 0.25) is 0 Å². The Bertz CT molecular complexity index is 495. The first-order valence-corrected chi connectivity index (χ1v) is 4.96. The molecule has 0 spiro atoms. The molecule has 0 radical (unpaired) electrons. The van der Waals surface area contributed by atoms with Crippen LogP contribution >= 0.6 is 11.6 Å². The summed E-state index contributed by atoms with van der Waals surface area (Å²) in [6.45, 7) is 0. The second-order valence-electron chi connectivity index (χ2n) is 3.32. The lowest BCUT2D eigenvalue weighted by Gasteiger charge is -2.06. The Kier molecular flexibility index (Phi) is 2.52. The highest BCUT2D eigenvalue weighted by Crippen LogP contribution is 2.30. The molecular formula is C12H11ClN2. The van der Waals surface area contributed by atoms with Gasteiger partial charge in [0.15, 0.2) is 0 Å². The number of benzene rings is 2. The second kappa shape index (κ2) is 3.83. The van der Waals surface area contributed by atoms with Crippen molar-refractivity contribution in [3.05, 3.63) is 47.5 Å². The molecule has 0 aliphatic rings. The van der Waals surface area contributed by atoms with Gasteiger partial charge in [-0.15, -0.1) is 0 Å². The number of nitrogens with two attached hydrogens (primary N) is 2. The molecule has 0 aliphatic carbocycles. The van der Waals surface area contributed by atoms with Crippen LogP contribution in [0.25, 0.3) is 11.1 Å². The van der Waals surface area contributed by atoms with Crippen LogP contribution in [-0.4, -0.2) is 0 Å². The molecule has 0 saturated carbocycles. The molecule has 15 heavy (non-hydrogen) atoms. The maximum Gasteiger partial charge on any atom is 0.0554 e. The van der Waals surface area contributed by atoms with Gasteiger partial charge in [0, 0.05) is 10.6 Å². The minimum Gasteiger partial charge on any atom is -0.397 e. The lowest BCUT2D eigenvalue weighted by atomic mass is 10.0. The Hall–Kier alpha value is -1.67. The van der Waals surface area contributed by atoms with Crippen LogP contribution in [0.5, 0.6) is 0 Å². The van der Waals surface area contributed by atoms with Gasteiger partial charge < -0.3 is 11.5 Å². The molecule has 0 fully saturated rings. The first-order chi connectivity index (χ1) is 7.18. The zero-order valence-corrected chi connectivity index (χ0v) is 8.83. The summed E-state index contributed by atoms with van der Waals surface area (Å²) >= 11 is 6.08. The van der Waals surface area contributed by atoms with Crippen LogP contribution in [0, 0.1) is 0 Å². The first kappa shape index (κ1) is 9.87. The summed E-state index contributed by atoms with van der Waals surface area (Å²) in [6.07, 6.45) is 0. The third kappa shape index (κ3) is 1.90. The first-order valence-electron chi connectivity index (χ1n) is 4.58. The monoisotopic (exact) mass is 218 g/mol. The van der Waals surface area contributed by atoms with Crippen molar-refractivity contribution in [2.45, 2.75) is 0 Å². The molecule has 2 aromatic rings. The van der Waals surface area contributed by atoms with Gasteiger partial charge in [-0.2, -0.15) is 0 Å². The summed E-state index contributed by atoms with van der Waals surface area (Å²) in [4.78, 5) is 0. The quantitative estimate of drug-likeness (QED) is 0.723. The summed E-state index contributed by atoms with van der Waals surface area (Å²) in [5.41, 5.74) is 14.5. The summed E-state index contributed by atoms with van der Waals surface area (Å²) in [7, 11) is 0. The van der Waals surface area contributed by atoms with Crippen molar-refractivity contribution in [3.8, 4) is 11.1 Å². The minimum atomic E-state index is 0.576. The van der Waals surface area contributed by atoms with Gasteiger partial charge in [-0.1, -0.05) is 35.9 Å². The van der Waals surface area contributed by atoms with Gasteiger partial charge in [0.1, 0.15) is 0 Å². The summed E-state index contributed by atoms with van der Waals surface area (Å²) < 4.78 is 0. The van der Waals surface area contributed by atoms with Crippen molar-refractivity contribution in [3.63, 3.8) is 0 Å². The molecule has 0 bridgehead atoms. The normalized spacial score (nSPS) is 10.2. The molecule has 2 aromatic carbocycles. The lowest BCUT2D eigenvalue weighted by molar-refractivity contribution is 1.60. The number of nitrogen functional groups attached to an aromatic ring is 2. The zero-order chi connectivity index (χ0) is 10.8. The molecule has 0 unspecified atom stereocenters. The van der Waals surface area contributed by atoms with Crippen molar-refractivity contribution in [2.75, 3.05) is 11.5 Å². The highest BCUT2D eigenvalue weighted by atomic mass is 35.5. The van der Waals surface area contributed by atoms with Crippen molar-refractivity contribution in [1.29, 1.82) is 0 Å². The van der Waals surface area contributed by atoms with E-state index in [1.807, 2.05) is 36.4 Å². The van der Waals surface area contributed by atoms with E-state index in [0.717, 1.165) is 11.1 Å². The topological polar surface area (TPSA) is 52.0 Å². The standard InChI is InChI=1S/C12H11ClN2/c13-10-4-2-1-3-9(10)8-5-6-11(14)12(15)7-8/h1-7H,14-15H2. The summed E-state index contributed by atoms with van der Waals surface area (Å²) in [5.74, 6) is 0. The average Bonchev–Trinajstić information content (AvgIpc) is 2.23. The van der Waals surface area contributed by atoms with Gasteiger partial charge in [0.25, 0.3) is 0 Å².